The molecule has 0 aliphatic carbocycles. The molecule has 0 unspecified atom stereocenters. The minimum atomic E-state index is -0.991. The van der Waals surface area contributed by atoms with Crippen LogP contribution >= 0.6 is 0 Å². The second kappa shape index (κ2) is 10.5. The monoisotopic (exact) mass is 262 g/mol. The van der Waals surface area contributed by atoms with Gasteiger partial charge in [0, 0.05) is 11.9 Å². The molecule has 0 heterocycles. The third-order valence-electron chi connectivity index (χ3n) is 0.943. The second-order valence-electron chi connectivity index (χ2n) is 2.95. The van der Waals surface area contributed by atoms with Gasteiger partial charge >= 0.3 is 45.5 Å². The second-order valence-corrected chi connectivity index (χ2v) is 2.95. The minimum absolute atomic E-state index is 0. The molecule has 72 valence electrons. The Balaban J connectivity index is -0.000000143. The first-order valence-corrected chi connectivity index (χ1v) is 3.70. The zero-order valence-electron chi connectivity index (χ0n) is 8.49. The fourth-order valence-electron chi connectivity index (χ4n) is 0. The molecule has 0 fully saturated rings. The van der Waals surface area contributed by atoms with E-state index in [2.05, 4.69) is 0 Å². The van der Waals surface area contributed by atoms with Crippen molar-refractivity contribution in [3.8, 4) is 0 Å². The Morgan fingerprint density at radius 3 is 0.923 bits per heavy atom. The number of hydrogen-bond acceptors (Lipinski definition) is 4. The summed E-state index contributed by atoms with van der Waals surface area (Å²) < 4.78 is 0. The summed E-state index contributed by atoms with van der Waals surface area (Å²) in [5.41, 5.74) is 0. The van der Waals surface area contributed by atoms with Crippen LogP contribution < -0.4 is 10.2 Å². The van der Waals surface area contributed by atoms with Crippen LogP contribution in [0.3, 0.4) is 0 Å². The van der Waals surface area contributed by atoms with E-state index in [1.165, 1.54) is 0 Å². The van der Waals surface area contributed by atoms with Crippen LogP contribution in [-0.4, -0.2) is 57.4 Å². The largest absolute Gasteiger partial charge is 2.00 e. The molecule has 0 atom stereocenters. The van der Waals surface area contributed by atoms with Crippen molar-refractivity contribution in [3.05, 3.63) is 0 Å². The molecule has 0 rings (SSSR count). The Labute approximate surface area is 116 Å². The number of rotatable bonds is 2. The van der Waals surface area contributed by atoms with Crippen LogP contribution in [0.2, 0.25) is 0 Å². The standard InChI is InChI=1S/2C4H8O2.Sr/c2*1-3(2)4(5)6;/h2*3H,1-2H3,(H,5,6);/q;;+2/p-2. The Bertz CT molecular complexity index is 136. The zero-order valence-corrected chi connectivity index (χ0v) is 12.0. The Hall–Kier alpha value is 0.421. The molecule has 0 N–H and O–H groups in total. The van der Waals surface area contributed by atoms with Crippen molar-refractivity contribution in [2.45, 2.75) is 27.7 Å². The molecule has 0 spiro atoms. The molecule has 0 aromatic carbocycles. The first-order chi connectivity index (χ1) is 5.29. The summed E-state index contributed by atoms with van der Waals surface area (Å²) in [6.45, 7) is 6.31. The van der Waals surface area contributed by atoms with E-state index in [0.29, 0.717) is 0 Å². The molecule has 0 saturated carbocycles. The molecule has 0 aliphatic heterocycles. The van der Waals surface area contributed by atoms with E-state index >= 15 is 0 Å². The van der Waals surface area contributed by atoms with E-state index in [9.17, 15) is 19.8 Å². The van der Waals surface area contributed by atoms with E-state index in [4.69, 9.17) is 0 Å². The number of aliphatic carboxylic acids is 2. The third-order valence-corrected chi connectivity index (χ3v) is 0.943. The van der Waals surface area contributed by atoms with Gasteiger partial charge in [0.05, 0.1) is 0 Å². The summed E-state index contributed by atoms with van der Waals surface area (Å²) in [5.74, 6) is -2.67. The van der Waals surface area contributed by atoms with Gasteiger partial charge in [0.1, 0.15) is 0 Å². The van der Waals surface area contributed by atoms with Gasteiger partial charge in [0.15, 0.2) is 0 Å². The fourth-order valence-corrected chi connectivity index (χ4v) is 0. The van der Waals surface area contributed by atoms with Crippen LogP contribution in [-0.2, 0) is 9.59 Å². The van der Waals surface area contributed by atoms with Gasteiger partial charge in [-0.2, -0.15) is 0 Å². The predicted octanol–water partition coefficient (Wildman–Crippen LogP) is -1.60. The number of hydrogen-bond donors (Lipinski definition) is 0. The molecule has 0 aliphatic rings. The molecule has 5 heteroatoms. The molecule has 0 bridgehead atoms. The minimum Gasteiger partial charge on any atom is -0.550 e. The normalized spacial score (nSPS) is 8.46. The van der Waals surface area contributed by atoms with Crippen LogP contribution in [0.25, 0.3) is 0 Å². The van der Waals surface area contributed by atoms with Gasteiger partial charge < -0.3 is 19.8 Å². The maximum Gasteiger partial charge on any atom is 2.00 e. The molecular formula is C8H14O4Sr. The van der Waals surface area contributed by atoms with Crippen molar-refractivity contribution in [1.82, 2.24) is 0 Å². The SMILES string of the molecule is CC(C)C(=O)[O-].CC(C)C(=O)[O-].[Sr+2]. The van der Waals surface area contributed by atoms with Crippen molar-refractivity contribution in [3.63, 3.8) is 0 Å². The van der Waals surface area contributed by atoms with Crippen molar-refractivity contribution < 1.29 is 19.8 Å². The molecule has 0 radical (unpaired) electrons. The zero-order chi connectivity index (χ0) is 10.3. The number of carbonyl (C=O) groups excluding carboxylic acids is 2. The smallest absolute Gasteiger partial charge is 0.550 e. The number of carboxylic acids is 2. The summed E-state index contributed by atoms with van der Waals surface area (Å²) in [7, 11) is 0. The average molecular weight is 262 g/mol. The van der Waals surface area contributed by atoms with E-state index in [1.54, 1.807) is 27.7 Å². The van der Waals surface area contributed by atoms with Gasteiger partial charge in [0.25, 0.3) is 0 Å². The van der Waals surface area contributed by atoms with Gasteiger partial charge in [-0.3, -0.25) is 0 Å². The summed E-state index contributed by atoms with van der Waals surface area (Å²) >= 11 is 0. The molecule has 13 heavy (non-hydrogen) atoms. The van der Waals surface area contributed by atoms with Gasteiger partial charge in [-0.15, -0.1) is 0 Å². The summed E-state index contributed by atoms with van der Waals surface area (Å²) in [6.07, 6.45) is 0. The molecule has 0 aromatic rings. The Morgan fingerprint density at radius 1 is 0.846 bits per heavy atom. The summed E-state index contributed by atoms with van der Waals surface area (Å²) in [6, 6.07) is 0. The van der Waals surface area contributed by atoms with E-state index in [0.717, 1.165) is 0 Å². The maximum absolute atomic E-state index is 9.59. The van der Waals surface area contributed by atoms with E-state index < -0.39 is 11.9 Å². The summed E-state index contributed by atoms with van der Waals surface area (Å²) in [5, 5.41) is 19.2. The van der Waals surface area contributed by atoms with Crippen molar-refractivity contribution in [2.24, 2.45) is 11.8 Å². The van der Waals surface area contributed by atoms with E-state index in [-0.39, 0.29) is 57.3 Å². The van der Waals surface area contributed by atoms with Gasteiger partial charge in [-0.25, -0.2) is 0 Å². The first-order valence-electron chi connectivity index (χ1n) is 3.70. The quantitative estimate of drug-likeness (QED) is 0.561. The number of carboxylic acid groups (broad SMARTS) is 2. The third kappa shape index (κ3) is 19.0. The summed E-state index contributed by atoms with van der Waals surface area (Å²) in [4.78, 5) is 19.2. The molecule has 0 aromatic heterocycles. The van der Waals surface area contributed by atoms with Gasteiger partial charge in [0.2, 0.25) is 0 Å². The predicted molar refractivity (Wildman–Crippen MR) is 45.4 cm³/mol. The molecular weight excluding hydrogens is 248 g/mol. The Morgan fingerprint density at radius 2 is 0.923 bits per heavy atom. The maximum atomic E-state index is 9.59. The van der Waals surface area contributed by atoms with Crippen molar-refractivity contribution in [1.29, 1.82) is 0 Å². The Kier molecular flexibility index (Phi) is 15.4. The van der Waals surface area contributed by atoms with Crippen LogP contribution in [0.15, 0.2) is 0 Å². The number of carbonyl (C=O) groups is 2. The average Bonchev–Trinajstić information content (AvgIpc) is 1.88. The van der Waals surface area contributed by atoms with Crippen molar-refractivity contribution in [2.75, 3.05) is 0 Å². The topological polar surface area (TPSA) is 80.3 Å². The van der Waals surface area contributed by atoms with Crippen LogP contribution in [0.1, 0.15) is 27.7 Å². The van der Waals surface area contributed by atoms with E-state index in [1.807, 2.05) is 0 Å². The fraction of sp³-hybridized carbons (Fsp3) is 0.750. The van der Waals surface area contributed by atoms with Gasteiger partial charge in [-0.1, -0.05) is 27.7 Å². The van der Waals surface area contributed by atoms with Crippen LogP contribution in [0.4, 0.5) is 0 Å². The first kappa shape index (κ1) is 19.1. The van der Waals surface area contributed by atoms with Crippen LogP contribution in [0.5, 0.6) is 0 Å². The molecule has 0 amide bonds. The molecule has 0 saturated heterocycles. The van der Waals surface area contributed by atoms with Crippen LogP contribution in [0, 0.1) is 11.8 Å². The van der Waals surface area contributed by atoms with Crippen molar-refractivity contribution >= 4 is 57.4 Å². The molecule has 4 nitrogen and oxygen atoms in total. The van der Waals surface area contributed by atoms with Gasteiger partial charge in [-0.05, 0) is 11.8 Å².